The molecular weight excluding hydrogens is 424 g/mol. The molecule has 0 bridgehead atoms. The summed E-state index contributed by atoms with van der Waals surface area (Å²) in [6.07, 6.45) is 10.7. The van der Waals surface area contributed by atoms with Crippen molar-refractivity contribution in [2.75, 3.05) is 19.8 Å². The topological polar surface area (TPSA) is 51.2 Å². The number of fused-ring (bicyclic) bond motifs is 5. The Morgan fingerprint density at radius 1 is 0.882 bits per heavy atom. The van der Waals surface area contributed by atoms with E-state index in [2.05, 4.69) is 31.2 Å². The molecular formula is C30H38O4. The molecule has 0 radical (unpaired) electrons. The molecule has 1 aromatic rings. The fraction of sp³-hybridized carbons (Fsp3) is 0.733. The molecule has 4 heteroatoms. The van der Waals surface area contributed by atoms with Crippen molar-refractivity contribution in [3.63, 3.8) is 0 Å². The average Bonchev–Trinajstić information content (AvgIpc) is 3.75. The second-order valence-corrected chi connectivity index (χ2v) is 12.9. The van der Waals surface area contributed by atoms with Crippen molar-refractivity contribution in [3.05, 3.63) is 46.5 Å². The van der Waals surface area contributed by atoms with Crippen molar-refractivity contribution in [3.8, 4) is 0 Å². The van der Waals surface area contributed by atoms with Crippen LogP contribution in [-0.2, 0) is 14.2 Å². The minimum Gasteiger partial charge on any atom is -0.385 e. The summed E-state index contributed by atoms with van der Waals surface area (Å²) in [5.41, 5.74) is 5.50. The van der Waals surface area contributed by atoms with Gasteiger partial charge in [-0.15, -0.1) is 0 Å². The molecule has 5 aliphatic carbocycles. The molecule has 2 aliphatic heterocycles. The lowest BCUT2D eigenvalue weighted by Gasteiger charge is -2.56. The van der Waals surface area contributed by atoms with Crippen LogP contribution in [0.15, 0.2) is 35.4 Å². The third-order valence-electron chi connectivity index (χ3n) is 11.4. The third kappa shape index (κ3) is 2.75. The van der Waals surface area contributed by atoms with Crippen LogP contribution in [0.2, 0.25) is 0 Å². The van der Waals surface area contributed by atoms with Crippen LogP contribution in [0.25, 0.3) is 0 Å². The minimum absolute atomic E-state index is 0.121. The quantitative estimate of drug-likeness (QED) is 0.459. The van der Waals surface area contributed by atoms with Crippen LogP contribution in [0, 0.1) is 17.3 Å². The number of hydrogen-bond donors (Lipinski definition) is 1. The molecule has 2 spiro atoms. The van der Waals surface area contributed by atoms with Gasteiger partial charge in [0.15, 0.2) is 5.79 Å². The van der Waals surface area contributed by atoms with Gasteiger partial charge in [-0.05, 0) is 85.8 Å². The first kappa shape index (κ1) is 20.9. The highest BCUT2D eigenvalue weighted by atomic mass is 16.7. The Kier molecular flexibility index (Phi) is 4.16. The number of aliphatic hydroxyl groups is 1. The van der Waals surface area contributed by atoms with Crippen LogP contribution < -0.4 is 0 Å². The number of rotatable bonds is 2. The Morgan fingerprint density at radius 2 is 1.62 bits per heavy atom. The van der Waals surface area contributed by atoms with Gasteiger partial charge in [-0.1, -0.05) is 36.8 Å². The van der Waals surface area contributed by atoms with E-state index in [1.807, 2.05) is 0 Å². The van der Waals surface area contributed by atoms with Gasteiger partial charge in [-0.25, -0.2) is 0 Å². The Labute approximate surface area is 203 Å². The molecule has 2 heterocycles. The monoisotopic (exact) mass is 462 g/mol. The smallest absolute Gasteiger partial charge is 0.171 e. The lowest BCUT2D eigenvalue weighted by Crippen LogP contribution is -2.54. The van der Waals surface area contributed by atoms with Crippen molar-refractivity contribution in [2.24, 2.45) is 17.3 Å². The molecule has 4 saturated carbocycles. The molecule has 0 unspecified atom stereocenters. The van der Waals surface area contributed by atoms with E-state index < -0.39 is 11.4 Å². The van der Waals surface area contributed by atoms with Gasteiger partial charge in [0, 0.05) is 24.2 Å². The molecule has 2 saturated heterocycles. The number of epoxide rings is 1. The summed E-state index contributed by atoms with van der Waals surface area (Å²) in [6, 6.07) is 9.63. The number of ether oxygens (including phenoxy) is 3. The first-order valence-electron chi connectivity index (χ1n) is 13.9. The van der Waals surface area contributed by atoms with Crippen molar-refractivity contribution >= 4 is 0 Å². The maximum atomic E-state index is 12.1. The Balaban J connectivity index is 1.24. The molecule has 1 N–H and O–H groups in total. The Morgan fingerprint density at radius 3 is 2.32 bits per heavy atom. The van der Waals surface area contributed by atoms with Crippen LogP contribution >= 0.6 is 0 Å². The standard InChI is InChI=1S/C30H38O4/c1-27-16-23(21-6-4-20(5-7-21)19-2-3-19)26-22(24(27)9-12-29(27)18-34-29)8-11-28(31)17-30(13-10-25(26)28)32-14-15-33-30/h4-7,19,22-24,31H,2-3,8-18H2,1H3/t22-,23+,24-,27-,28+,29+/m0/s1. The molecule has 7 aliphatic rings. The molecule has 6 fully saturated rings. The van der Waals surface area contributed by atoms with Crippen LogP contribution in [0.3, 0.4) is 0 Å². The highest BCUT2D eigenvalue weighted by Gasteiger charge is 2.70. The van der Waals surface area contributed by atoms with Gasteiger partial charge in [-0.2, -0.15) is 0 Å². The van der Waals surface area contributed by atoms with E-state index in [-0.39, 0.29) is 11.0 Å². The van der Waals surface area contributed by atoms with E-state index in [4.69, 9.17) is 14.2 Å². The zero-order valence-electron chi connectivity index (χ0n) is 20.5. The molecule has 182 valence electrons. The van der Waals surface area contributed by atoms with Gasteiger partial charge in [0.25, 0.3) is 0 Å². The fourth-order valence-corrected chi connectivity index (χ4v) is 9.37. The SMILES string of the molecule is C[C@]12C[C@H](c3ccc(C4CC4)cc3)C3=C4CCC5(C[C@]4(O)CC[C@H]3[C@@H]1CC[C@@]21CO1)OCCO5. The summed E-state index contributed by atoms with van der Waals surface area (Å²) >= 11 is 0. The molecule has 34 heavy (non-hydrogen) atoms. The highest BCUT2D eigenvalue weighted by molar-refractivity contribution is 5.45. The van der Waals surface area contributed by atoms with Gasteiger partial charge >= 0.3 is 0 Å². The molecule has 0 aromatic heterocycles. The van der Waals surface area contributed by atoms with Gasteiger partial charge in [-0.3, -0.25) is 0 Å². The largest absolute Gasteiger partial charge is 0.385 e. The van der Waals surface area contributed by atoms with Crippen molar-refractivity contribution < 1.29 is 19.3 Å². The fourth-order valence-electron chi connectivity index (χ4n) is 9.37. The van der Waals surface area contributed by atoms with Crippen LogP contribution in [-0.4, -0.2) is 41.9 Å². The first-order chi connectivity index (χ1) is 16.4. The van der Waals surface area contributed by atoms with Crippen molar-refractivity contribution in [1.82, 2.24) is 0 Å². The van der Waals surface area contributed by atoms with Gasteiger partial charge in [0.2, 0.25) is 0 Å². The zero-order chi connectivity index (χ0) is 22.8. The molecule has 6 atom stereocenters. The van der Waals surface area contributed by atoms with E-state index in [1.54, 1.807) is 5.57 Å². The average molecular weight is 463 g/mol. The van der Waals surface area contributed by atoms with E-state index in [9.17, 15) is 5.11 Å². The van der Waals surface area contributed by atoms with E-state index in [1.165, 1.54) is 42.4 Å². The first-order valence-corrected chi connectivity index (χ1v) is 13.9. The minimum atomic E-state index is -0.777. The zero-order valence-corrected chi connectivity index (χ0v) is 20.5. The van der Waals surface area contributed by atoms with E-state index in [0.717, 1.165) is 44.6 Å². The molecule has 0 amide bonds. The summed E-state index contributed by atoms with van der Waals surface area (Å²) in [7, 11) is 0. The second kappa shape index (κ2) is 6.76. The van der Waals surface area contributed by atoms with Crippen molar-refractivity contribution in [1.29, 1.82) is 0 Å². The van der Waals surface area contributed by atoms with E-state index in [0.29, 0.717) is 37.4 Å². The molecule has 4 nitrogen and oxygen atoms in total. The number of benzene rings is 1. The molecule has 1 aromatic carbocycles. The Hall–Kier alpha value is -1.20. The lowest BCUT2D eigenvalue weighted by atomic mass is 9.50. The summed E-state index contributed by atoms with van der Waals surface area (Å²) in [5.74, 6) is 1.87. The predicted octanol–water partition coefficient (Wildman–Crippen LogP) is 5.60. The lowest BCUT2D eigenvalue weighted by molar-refractivity contribution is -0.208. The third-order valence-corrected chi connectivity index (χ3v) is 11.4. The summed E-state index contributed by atoms with van der Waals surface area (Å²) in [5, 5.41) is 12.1. The van der Waals surface area contributed by atoms with Gasteiger partial charge < -0.3 is 19.3 Å². The van der Waals surface area contributed by atoms with E-state index >= 15 is 0 Å². The maximum Gasteiger partial charge on any atom is 0.171 e. The normalized spacial score (nSPS) is 46.5. The highest BCUT2D eigenvalue weighted by Crippen LogP contribution is 2.71. The summed E-state index contributed by atoms with van der Waals surface area (Å²) < 4.78 is 18.4. The Bertz CT molecular complexity index is 1040. The van der Waals surface area contributed by atoms with Gasteiger partial charge in [0.05, 0.1) is 31.0 Å². The number of hydrogen-bond acceptors (Lipinski definition) is 4. The second-order valence-electron chi connectivity index (χ2n) is 12.9. The van der Waals surface area contributed by atoms with Crippen LogP contribution in [0.5, 0.6) is 0 Å². The number of allylic oxidation sites excluding steroid dienone is 1. The predicted molar refractivity (Wildman–Crippen MR) is 128 cm³/mol. The molecule has 8 rings (SSSR count). The summed E-state index contributed by atoms with van der Waals surface area (Å²) in [6.45, 7) is 4.81. The van der Waals surface area contributed by atoms with Crippen molar-refractivity contribution in [2.45, 2.75) is 100.0 Å². The van der Waals surface area contributed by atoms with Gasteiger partial charge in [0.1, 0.15) is 0 Å². The maximum absolute atomic E-state index is 12.1. The summed E-state index contributed by atoms with van der Waals surface area (Å²) in [4.78, 5) is 0. The van der Waals surface area contributed by atoms with Crippen LogP contribution in [0.1, 0.15) is 94.1 Å². The van der Waals surface area contributed by atoms with Crippen LogP contribution in [0.4, 0.5) is 0 Å².